The van der Waals surface area contributed by atoms with Crippen molar-refractivity contribution in [2.45, 2.75) is 26.2 Å². The Balaban J connectivity index is 2.55. The van der Waals surface area contributed by atoms with Gasteiger partial charge in [-0.2, -0.15) is 0 Å². The van der Waals surface area contributed by atoms with Crippen LogP contribution in [0.5, 0.6) is 0 Å². The van der Waals surface area contributed by atoms with E-state index < -0.39 is 0 Å². The monoisotopic (exact) mass is 209 g/mol. The Morgan fingerprint density at radius 2 is 2.36 bits per heavy atom. The second kappa shape index (κ2) is 3.71. The first-order valence-corrected chi connectivity index (χ1v) is 5.75. The Morgan fingerprint density at radius 3 is 3.00 bits per heavy atom. The SMILES string of the molecule is CC(C)c1csc2ncc(CCN)n12. The molecule has 0 aliphatic heterocycles. The number of imidazole rings is 1. The van der Waals surface area contributed by atoms with Gasteiger partial charge in [0.15, 0.2) is 4.96 Å². The molecule has 14 heavy (non-hydrogen) atoms. The van der Waals surface area contributed by atoms with Crippen LogP contribution in [-0.2, 0) is 6.42 Å². The Kier molecular flexibility index (Phi) is 2.56. The summed E-state index contributed by atoms with van der Waals surface area (Å²) >= 11 is 1.70. The lowest BCUT2D eigenvalue weighted by Gasteiger charge is -2.05. The van der Waals surface area contributed by atoms with Gasteiger partial charge in [0.2, 0.25) is 0 Å². The topological polar surface area (TPSA) is 43.3 Å². The second-order valence-corrected chi connectivity index (χ2v) is 4.56. The van der Waals surface area contributed by atoms with E-state index in [2.05, 4.69) is 28.6 Å². The predicted molar refractivity (Wildman–Crippen MR) is 59.9 cm³/mol. The van der Waals surface area contributed by atoms with Crippen molar-refractivity contribution in [1.29, 1.82) is 0 Å². The molecule has 4 heteroatoms. The van der Waals surface area contributed by atoms with Gasteiger partial charge in [0.25, 0.3) is 0 Å². The zero-order valence-electron chi connectivity index (χ0n) is 8.53. The summed E-state index contributed by atoms with van der Waals surface area (Å²) in [6, 6.07) is 0. The van der Waals surface area contributed by atoms with Crippen LogP contribution in [0.2, 0.25) is 0 Å². The molecule has 0 spiro atoms. The summed E-state index contributed by atoms with van der Waals surface area (Å²) < 4.78 is 2.24. The van der Waals surface area contributed by atoms with E-state index in [1.807, 2.05) is 6.20 Å². The molecule has 0 unspecified atom stereocenters. The molecule has 0 aliphatic rings. The highest BCUT2D eigenvalue weighted by Gasteiger charge is 2.11. The summed E-state index contributed by atoms with van der Waals surface area (Å²) in [4.78, 5) is 5.45. The molecule has 0 radical (unpaired) electrons. The van der Waals surface area contributed by atoms with Gasteiger partial charge >= 0.3 is 0 Å². The fourth-order valence-corrected chi connectivity index (χ4v) is 2.66. The normalized spacial score (nSPS) is 11.7. The number of fused-ring (bicyclic) bond motifs is 1. The van der Waals surface area contributed by atoms with Gasteiger partial charge < -0.3 is 5.73 Å². The average Bonchev–Trinajstić information content (AvgIpc) is 2.67. The van der Waals surface area contributed by atoms with Crippen LogP contribution in [0.1, 0.15) is 31.2 Å². The number of thiazole rings is 1. The number of hydrogen-bond donors (Lipinski definition) is 1. The van der Waals surface area contributed by atoms with Crippen molar-refractivity contribution in [3.05, 3.63) is 23.0 Å². The standard InChI is InChI=1S/C10H15N3S/c1-7(2)9-6-14-10-12-5-8(3-4-11)13(9)10/h5-7H,3-4,11H2,1-2H3. The molecule has 0 bridgehead atoms. The van der Waals surface area contributed by atoms with Crippen LogP contribution in [-0.4, -0.2) is 15.9 Å². The fourth-order valence-electron chi connectivity index (χ4n) is 1.61. The van der Waals surface area contributed by atoms with E-state index in [0.717, 1.165) is 11.4 Å². The third-order valence-electron chi connectivity index (χ3n) is 2.34. The number of nitrogens with two attached hydrogens (primary N) is 1. The van der Waals surface area contributed by atoms with Crippen LogP contribution in [0.15, 0.2) is 11.6 Å². The highest BCUT2D eigenvalue weighted by atomic mass is 32.1. The minimum absolute atomic E-state index is 0.537. The fraction of sp³-hybridized carbons (Fsp3) is 0.500. The van der Waals surface area contributed by atoms with E-state index in [4.69, 9.17) is 5.73 Å². The van der Waals surface area contributed by atoms with Crippen molar-refractivity contribution in [3.63, 3.8) is 0 Å². The van der Waals surface area contributed by atoms with Crippen LogP contribution < -0.4 is 5.73 Å². The van der Waals surface area contributed by atoms with E-state index >= 15 is 0 Å². The first kappa shape index (κ1) is 9.68. The zero-order chi connectivity index (χ0) is 10.1. The third-order valence-corrected chi connectivity index (χ3v) is 3.20. The molecular formula is C10H15N3S. The molecule has 0 amide bonds. The van der Waals surface area contributed by atoms with Gasteiger partial charge in [-0.3, -0.25) is 4.40 Å². The molecule has 0 saturated carbocycles. The molecule has 76 valence electrons. The van der Waals surface area contributed by atoms with Crippen molar-refractivity contribution >= 4 is 16.3 Å². The Morgan fingerprint density at radius 1 is 1.57 bits per heavy atom. The first-order chi connectivity index (χ1) is 6.74. The summed E-state index contributed by atoms with van der Waals surface area (Å²) in [6.07, 6.45) is 2.84. The molecule has 0 fully saturated rings. The zero-order valence-corrected chi connectivity index (χ0v) is 9.34. The van der Waals surface area contributed by atoms with Crippen LogP contribution in [0.4, 0.5) is 0 Å². The van der Waals surface area contributed by atoms with Crippen LogP contribution in [0.3, 0.4) is 0 Å². The minimum atomic E-state index is 0.537. The summed E-state index contributed by atoms with van der Waals surface area (Å²) in [5.41, 5.74) is 8.14. The van der Waals surface area contributed by atoms with Gasteiger partial charge in [-0.05, 0) is 12.5 Å². The van der Waals surface area contributed by atoms with E-state index in [-0.39, 0.29) is 0 Å². The lowest BCUT2D eigenvalue weighted by Crippen LogP contribution is -2.06. The summed E-state index contributed by atoms with van der Waals surface area (Å²) in [7, 11) is 0. The van der Waals surface area contributed by atoms with Gasteiger partial charge in [0.1, 0.15) is 0 Å². The molecule has 0 aromatic carbocycles. The molecule has 0 aliphatic carbocycles. The van der Waals surface area contributed by atoms with Crippen molar-refractivity contribution in [2.24, 2.45) is 5.73 Å². The second-order valence-electron chi connectivity index (χ2n) is 3.72. The molecule has 2 aromatic heterocycles. The number of nitrogens with zero attached hydrogens (tertiary/aromatic N) is 2. The maximum atomic E-state index is 5.57. The molecule has 2 heterocycles. The molecule has 0 saturated heterocycles. The number of hydrogen-bond acceptors (Lipinski definition) is 3. The summed E-state index contributed by atoms with van der Waals surface area (Å²) in [6.45, 7) is 5.09. The summed E-state index contributed by atoms with van der Waals surface area (Å²) in [5.74, 6) is 0.537. The van der Waals surface area contributed by atoms with E-state index in [1.54, 1.807) is 11.3 Å². The van der Waals surface area contributed by atoms with Crippen molar-refractivity contribution in [3.8, 4) is 0 Å². The average molecular weight is 209 g/mol. The molecule has 3 nitrogen and oxygen atoms in total. The van der Waals surface area contributed by atoms with Gasteiger partial charge in [-0.1, -0.05) is 13.8 Å². The largest absolute Gasteiger partial charge is 0.330 e. The minimum Gasteiger partial charge on any atom is -0.330 e. The lowest BCUT2D eigenvalue weighted by molar-refractivity contribution is 0.785. The van der Waals surface area contributed by atoms with Crippen LogP contribution in [0, 0.1) is 0 Å². The Labute approximate surface area is 87.6 Å². The molecule has 2 aromatic rings. The van der Waals surface area contributed by atoms with Crippen molar-refractivity contribution in [1.82, 2.24) is 9.38 Å². The molecular weight excluding hydrogens is 194 g/mol. The first-order valence-electron chi connectivity index (χ1n) is 4.87. The van der Waals surface area contributed by atoms with Gasteiger partial charge in [0.05, 0.1) is 6.20 Å². The molecule has 2 rings (SSSR count). The highest BCUT2D eigenvalue weighted by molar-refractivity contribution is 7.15. The maximum Gasteiger partial charge on any atom is 0.194 e. The van der Waals surface area contributed by atoms with E-state index in [0.29, 0.717) is 12.5 Å². The quantitative estimate of drug-likeness (QED) is 0.840. The van der Waals surface area contributed by atoms with E-state index in [9.17, 15) is 0 Å². The maximum absolute atomic E-state index is 5.57. The van der Waals surface area contributed by atoms with E-state index in [1.165, 1.54) is 11.4 Å². The Hall–Kier alpha value is -0.870. The van der Waals surface area contributed by atoms with Gasteiger partial charge in [-0.25, -0.2) is 4.98 Å². The highest BCUT2D eigenvalue weighted by Crippen LogP contribution is 2.23. The Bertz CT molecular complexity index is 427. The van der Waals surface area contributed by atoms with Gasteiger partial charge in [-0.15, -0.1) is 11.3 Å². The lowest BCUT2D eigenvalue weighted by atomic mass is 10.1. The smallest absolute Gasteiger partial charge is 0.194 e. The van der Waals surface area contributed by atoms with Crippen LogP contribution in [0.25, 0.3) is 4.96 Å². The number of rotatable bonds is 3. The number of aromatic nitrogens is 2. The predicted octanol–water partition coefficient (Wildman–Crippen LogP) is 2.02. The van der Waals surface area contributed by atoms with Crippen LogP contribution >= 0.6 is 11.3 Å². The van der Waals surface area contributed by atoms with Crippen molar-refractivity contribution in [2.75, 3.05) is 6.54 Å². The third kappa shape index (κ3) is 1.44. The molecule has 2 N–H and O–H groups in total. The summed E-state index contributed by atoms with van der Waals surface area (Å²) in [5, 5.41) is 2.19. The van der Waals surface area contributed by atoms with Crippen molar-refractivity contribution < 1.29 is 0 Å². The molecule has 0 atom stereocenters. The van der Waals surface area contributed by atoms with Gasteiger partial charge in [0, 0.05) is 23.2 Å².